The number of alkyl halides is 7. The minimum Gasteiger partial charge on any atom is -0.512 e. The van der Waals surface area contributed by atoms with E-state index in [1.165, 1.54) is 48.8 Å². The Bertz CT molecular complexity index is 5080. The number of nitriles is 1. The normalized spacial score (nSPS) is 22.5. The number of carbonyl (C=O) groups excluding carboxylic acids is 6. The maximum Gasteiger partial charge on any atom is 1.00 e. The Morgan fingerprint density at radius 2 is 0.708 bits per heavy atom. The van der Waals surface area contributed by atoms with E-state index in [1.54, 1.807) is 191 Å². The predicted molar refractivity (Wildman–Crippen MR) is 523 cm³/mol. The predicted octanol–water partition coefficient (Wildman–Crippen LogP) is 11.1. The van der Waals surface area contributed by atoms with Gasteiger partial charge in [0.1, 0.15) is 82.8 Å². The standard InChI is InChI=1S/C17H25FN2O4S.C12H17FN2O2S.C11H21FN2O2.C11H17FN2O2.C11H20FNO5S.C10H16FNO4.C10H18FNO3.C6H5ClO2S.CH3ClO2S.CN.ClH.Na/c1-17(2,3)24-16(21)20-12-13(18)11-14(20)9-10-19-25(22,23)15-7-5-4-6-8-15;13-10-8-11(14-9-10)6-7-15-18(16,17)12-4-2-1-3-5-12;2*1-11(2,3)16-10(15)14-7-8(12)6-9(14)4-5-13;1-11(2,3)18-10(14)13-6-8(12)5-9(13)7-17-19(4,15)16;1-10(2,3)16-9(15)12-5-6(11)4-7(12)8(13)14;1-10(2,3)15-9(14)12-5-7(11)4-8(12)6-13;7-10(8,9)6-4-2-1-3-5-6;1-5(2,3)4;1-2;;/h4-8,13-14,19H,9-12H2,1-3H3;1-5,10-11,14-15H,6-9H2;8-9H,4-7,13H2,1-3H3;8-9H,4,6-7H2,1-3H3;8-9H,5-7H2,1-4H3;6-7H,4-5H2,1-3H3,(H,13,14);7-8,13H,4-6H2,1-3H3;1-5H;1H3;;1H;/q;;;;;;;;;-1;;+1/t13-,14-;10-,11-;2*8-,9-;8-,9+;6-,7+;7-,8+;;;;;/m1111111...../s1. The Hall–Kier alpha value is -7.38. The van der Waals surface area contributed by atoms with Gasteiger partial charge in [-0.05, 0) is 193 Å². The van der Waals surface area contributed by atoms with Gasteiger partial charge < -0.3 is 76.2 Å². The molecule has 54 heteroatoms. The summed E-state index contributed by atoms with van der Waals surface area (Å²) in [6.07, 6.45) is -6.15. The summed E-state index contributed by atoms with van der Waals surface area (Å²) in [6, 6.07) is 23.1. The number of nitrogens with zero attached hydrogens (tertiary/aromatic N) is 8. The van der Waals surface area contributed by atoms with Crippen molar-refractivity contribution in [1.29, 1.82) is 10.5 Å². The average molecular weight is 2230 g/mol. The van der Waals surface area contributed by atoms with Gasteiger partial charge in [0.15, 0.2) is 0 Å². The Labute approximate surface area is 881 Å². The van der Waals surface area contributed by atoms with Crippen LogP contribution in [0.15, 0.2) is 106 Å². The molecule has 7 saturated heterocycles. The molecule has 0 unspecified atom stereocenters. The summed E-state index contributed by atoms with van der Waals surface area (Å²) in [7, 11) is -7.85. The summed E-state index contributed by atoms with van der Waals surface area (Å²) in [5.74, 6) is -1.20. The van der Waals surface area contributed by atoms with E-state index in [1.807, 2.05) is 6.07 Å². The van der Waals surface area contributed by atoms with Crippen molar-refractivity contribution in [1.82, 2.24) is 44.2 Å². The van der Waals surface area contributed by atoms with Crippen LogP contribution in [0.4, 0.5) is 59.5 Å². The third-order valence-corrected chi connectivity index (χ3v) is 24.4. The first-order valence-corrected chi connectivity index (χ1v) is 54.9. The van der Waals surface area contributed by atoms with Crippen LogP contribution < -0.4 is 50.1 Å². The molecule has 0 aromatic heterocycles. The average Bonchev–Trinajstić information content (AvgIpc) is 1.67. The molecule has 7 N–H and O–H groups in total. The number of sulfonamides is 2. The second-order valence-corrected chi connectivity index (χ2v) is 50.2. The van der Waals surface area contributed by atoms with Crippen molar-refractivity contribution < 1.29 is 179 Å². The number of carbonyl (C=O) groups is 7. The van der Waals surface area contributed by atoms with E-state index in [-0.39, 0.29) is 178 Å². The largest absolute Gasteiger partial charge is 1.00 e. The van der Waals surface area contributed by atoms with E-state index >= 15 is 0 Å². The Kier molecular flexibility index (Phi) is 60.6. The fourth-order valence-electron chi connectivity index (χ4n) is 13.8. The molecule has 0 bridgehead atoms. The summed E-state index contributed by atoms with van der Waals surface area (Å²) < 4.78 is 243. The first-order chi connectivity index (χ1) is 64.9. The number of halogens is 10. The monoisotopic (exact) mass is 2230 g/mol. The van der Waals surface area contributed by atoms with Crippen LogP contribution >= 0.6 is 33.8 Å². The number of benzene rings is 3. The molecule has 0 spiro atoms. The number of hydrogen-bond donors (Lipinski definition) is 6. The van der Waals surface area contributed by atoms with Gasteiger partial charge in [-0.2, -0.15) is 13.7 Å². The minimum absolute atomic E-state index is 0. The first-order valence-electron chi connectivity index (χ1n) is 45.1. The molecule has 144 heavy (non-hydrogen) atoms. The number of amides is 6. The van der Waals surface area contributed by atoms with Crippen LogP contribution in [-0.2, 0) is 85.7 Å². The van der Waals surface area contributed by atoms with Crippen LogP contribution in [-0.4, -0.2) is 335 Å². The molecule has 0 aliphatic carbocycles. The zero-order chi connectivity index (χ0) is 109. The number of carboxylic acids is 1. The van der Waals surface area contributed by atoms with E-state index in [0.717, 1.165) is 17.4 Å². The summed E-state index contributed by atoms with van der Waals surface area (Å²) in [4.78, 5) is 89.7. The second-order valence-electron chi connectivity index (χ2n) is 39.4. The van der Waals surface area contributed by atoms with Crippen molar-refractivity contribution in [3.63, 3.8) is 0 Å². The van der Waals surface area contributed by atoms with Crippen LogP contribution in [0.5, 0.6) is 0 Å². The van der Waals surface area contributed by atoms with Crippen LogP contribution in [0, 0.1) is 23.2 Å². The molecule has 6 amide bonds. The number of nitrogens with two attached hydrogens (primary N) is 1. The van der Waals surface area contributed by atoms with Gasteiger partial charge in [-0.3, -0.25) is 18.9 Å². The van der Waals surface area contributed by atoms with Crippen LogP contribution in [0.25, 0.3) is 0 Å². The van der Waals surface area contributed by atoms with Crippen molar-refractivity contribution >= 4 is 125 Å². The Morgan fingerprint density at radius 3 is 0.993 bits per heavy atom. The number of rotatable bonds is 19. The number of nitrogens with one attached hydrogen (secondary N) is 3. The van der Waals surface area contributed by atoms with E-state index < -0.39 is 186 Å². The van der Waals surface area contributed by atoms with Gasteiger partial charge in [0.05, 0.1) is 110 Å². The summed E-state index contributed by atoms with van der Waals surface area (Å²) in [5, 5.41) is 35.7. The van der Waals surface area contributed by atoms with E-state index in [0.29, 0.717) is 51.7 Å². The third-order valence-electron chi connectivity index (χ3n) is 19.5. The molecular weight excluding hydrogens is 2090 g/mol. The summed E-state index contributed by atoms with van der Waals surface area (Å²) in [5.41, 5.74) is 1.65. The molecule has 7 aliphatic heterocycles. The molecule has 820 valence electrons. The zero-order valence-corrected chi connectivity index (χ0v) is 93.6. The molecule has 3 aromatic carbocycles. The molecule has 7 heterocycles. The third kappa shape index (κ3) is 59.1. The van der Waals surface area contributed by atoms with Gasteiger partial charge in [-0.1, -0.05) is 54.6 Å². The van der Waals surface area contributed by atoms with Crippen molar-refractivity contribution in [2.75, 3.05) is 91.2 Å². The molecule has 3 aromatic rings. The number of aliphatic hydroxyl groups excluding tert-OH is 1. The van der Waals surface area contributed by atoms with E-state index in [4.69, 9.17) is 72.1 Å². The van der Waals surface area contributed by atoms with Crippen LogP contribution in [0.3, 0.4) is 0 Å². The maximum absolute atomic E-state index is 13.8. The van der Waals surface area contributed by atoms with E-state index in [2.05, 4.69) is 29.6 Å². The zero-order valence-electron chi connectivity index (χ0n) is 85.2. The molecule has 0 radical (unpaired) electrons. The molecule has 38 nitrogen and oxygen atoms in total. The summed E-state index contributed by atoms with van der Waals surface area (Å²) in [6.45, 7) is 36.6. The minimum atomic E-state index is -3.61. The number of likely N-dealkylation sites (tertiary alicyclic amines) is 6. The van der Waals surface area contributed by atoms with Crippen molar-refractivity contribution in [3.8, 4) is 6.07 Å². The quantitative estimate of drug-likeness (QED) is 0.0162. The first kappa shape index (κ1) is 139. The topological polar surface area (TPSA) is 524 Å². The van der Waals surface area contributed by atoms with Crippen LogP contribution in [0.2, 0.25) is 0 Å². The van der Waals surface area contributed by atoms with Gasteiger partial charge in [0.2, 0.25) is 29.1 Å². The fraction of sp³-hybridized carbons (Fsp3) is 0.700. The molecule has 10 rings (SSSR count). The Balaban J connectivity index is 0. The van der Waals surface area contributed by atoms with Gasteiger partial charge >= 0.3 is 72.1 Å². The molecule has 0 saturated carbocycles. The van der Waals surface area contributed by atoms with Crippen molar-refractivity contribution in [2.45, 2.75) is 329 Å². The van der Waals surface area contributed by atoms with Gasteiger partial charge in [-0.15, -0.1) is 12.4 Å². The molecule has 14 atom stereocenters. The number of carboxylic acid groups (broad SMARTS) is 1. The molecule has 7 fully saturated rings. The summed E-state index contributed by atoms with van der Waals surface area (Å²) >= 11 is 0. The van der Waals surface area contributed by atoms with Crippen LogP contribution in [0.1, 0.15) is 195 Å². The Morgan fingerprint density at radius 1 is 0.438 bits per heavy atom. The van der Waals surface area contributed by atoms with E-state index in [9.17, 15) is 106 Å². The number of ether oxygens (including phenoxy) is 6. The fourth-order valence-corrected chi connectivity index (χ4v) is 17.1. The van der Waals surface area contributed by atoms with Crippen molar-refractivity contribution in [2.24, 2.45) is 5.73 Å². The maximum atomic E-state index is 13.8. The van der Waals surface area contributed by atoms with Gasteiger partial charge in [0.25, 0.3) is 19.2 Å². The SMILES string of the molecule is CC(C)(C)OC(=O)N1C[C@H](F)C[C@H]1C(=O)O.CC(C)(C)OC(=O)N1C[C@H](F)C[C@H]1CC#N.CC(C)(C)OC(=O)N1C[C@H](F)C[C@H]1CCN.CC(C)(C)OC(=O)N1C[C@H](F)C[C@H]1CCNS(=O)(=O)c1ccccc1.CC(C)(C)OC(=O)N1C[C@H](F)C[C@H]1CO.CC(C)(C)OC(=O)N1C[C@H](F)C[C@H]1COS(C)(=O)=O.CS(=O)(=O)Cl.Cl.O=S(=O)(Cl)c1ccccc1.O=S(=O)(NCC[C@@H]1C[C@@H](F)CN1)c1ccccc1.[C-]#N.[Na+]. The second kappa shape index (κ2) is 62.9. The molecule has 7 aliphatic rings. The molecular formula is C90H143Cl3F7N12NaO26S5. The number of aliphatic carboxylic acids is 1. The van der Waals surface area contributed by atoms with Gasteiger partial charge in [0, 0.05) is 97.6 Å². The number of hydrogen-bond acceptors (Lipinski definition) is 29. The number of aliphatic hydroxyl groups is 1. The van der Waals surface area contributed by atoms with Gasteiger partial charge in [-0.25, -0.2) is 107 Å². The van der Waals surface area contributed by atoms with Crippen molar-refractivity contribution in [3.05, 3.63) is 97.6 Å². The smallest absolute Gasteiger partial charge is 0.512 e.